The molecule has 1 aromatic carbocycles. The molecule has 9 nitrogen and oxygen atoms in total. The molecule has 0 saturated carbocycles. The molecule has 2 heterocycles. The summed E-state index contributed by atoms with van der Waals surface area (Å²) in [4.78, 5) is 26.9. The van der Waals surface area contributed by atoms with E-state index in [0.29, 0.717) is 5.56 Å². The second-order valence-corrected chi connectivity index (χ2v) is 5.02. The van der Waals surface area contributed by atoms with Crippen molar-refractivity contribution in [3.8, 4) is 11.4 Å². The Morgan fingerprint density at radius 1 is 1.16 bits per heavy atom. The van der Waals surface area contributed by atoms with Gasteiger partial charge in [0.15, 0.2) is 5.82 Å². The van der Waals surface area contributed by atoms with Crippen LogP contribution in [0.15, 0.2) is 58.7 Å². The van der Waals surface area contributed by atoms with E-state index in [0.717, 1.165) is 4.68 Å². The van der Waals surface area contributed by atoms with E-state index in [2.05, 4.69) is 20.3 Å². The van der Waals surface area contributed by atoms with Gasteiger partial charge in [-0.25, -0.2) is 0 Å². The van der Waals surface area contributed by atoms with Crippen molar-refractivity contribution in [1.29, 1.82) is 0 Å². The Kier molecular flexibility index (Phi) is 4.38. The van der Waals surface area contributed by atoms with Crippen molar-refractivity contribution in [3.05, 3.63) is 80.5 Å². The average molecular weight is 336 g/mol. The highest BCUT2D eigenvalue weighted by molar-refractivity contribution is 5.85. The normalized spacial score (nSPS) is 10.9. The van der Waals surface area contributed by atoms with Crippen LogP contribution in [0.4, 0.5) is 5.69 Å². The van der Waals surface area contributed by atoms with E-state index in [1.807, 2.05) is 0 Å². The van der Waals surface area contributed by atoms with Crippen molar-refractivity contribution < 1.29 is 4.92 Å². The fourth-order valence-corrected chi connectivity index (χ4v) is 2.13. The number of aryl methyl sites for hydroxylation is 1. The molecule has 0 N–H and O–H groups in total. The first-order chi connectivity index (χ1) is 12.1. The Balaban J connectivity index is 2.14. The highest BCUT2D eigenvalue weighted by Crippen LogP contribution is 2.16. The molecule has 124 valence electrons. The van der Waals surface area contributed by atoms with Crippen molar-refractivity contribution in [3.63, 3.8) is 0 Å². The summed E-state index contributed by atoms with van der Waals surface area (Å²) in [7, 11) is 0. The van der Waals surface area contributed by atoms with E-state index in [-0.39, 0.29) is 22.8 Å². The molecule has 0 fully saturated rings. The highest BCUT2D eigenvalue weighted by atomic mass is 16.6. The number of hydrogen-bond acceptors (Lipinski definition) is 7. The van der Waals surface area contributed by atoms with E-state index in [9.17, 15) is 14.9 Å². The minimum Gasteiger partial charge on any atom is -0.265 e. The lowest BCUT2D eigenvalue weighted by atomic mass is 10.2. The Labute approximate surface area is 141 Å². The monoisotopic (exact) mass is 336 g/mol. The number of nitro benzene ring substituents is 1. The molecule has 0 unspecified atom stereocenters. The van der Waals surface area contributed by atoms with Crippen LogP contribution in [0, 0.1) is 17.0 Å². The van der Waals surface area contributed by atoms with E-state index in [1.165, 1.54) is 19.2 Å². The molecule has 0 spiro atoms. The Morgan fingerprint density at radius 3 is 2.60 bits per heavy atom. The minimum absolute atomic E-state index is 0.108. The number of hydrogen-bond donors (Lipinski definition) is 0. The second-order valence-electron chi connectivity index (χ2n) is 5.02. The van der Waals surface area contributed by atoms with E-state index >= 15 is 0 Å². The van der Waals surface area contributed by atoms with Crippen LogP contribution in [0.3, 0.4) is 0 Å². The third-order valence-electron chi connectivity index (χ3n) is 3.38. The SMILES string of the molecule is Cc1nnc(-c2ccncc2)n(N=Cc2ccccc2[N+](=O)[O-])c1=O. The van der Waals surface area contributed by atoms with E-state index < -0.39 is 10.5 Å². The smallest absolute Gasteiger partial charge is 0.265 e. The molecule has 0 aliphatic heterocycles. The first-order valence-electron chi connectivity index (χ1n) is 7.22. The van der Waals surface area contributed by atoms with Crippen LogP contribution in [0.1, 0.15) is 11.3 Å². The molecule has 25 heavy (non-hydrogen) atoms. The molecule has 3 aromatic rings. The Bertz CT molecular complexity index is 1010. The topological polar surface area (TPSA) is 116 Å². The Hall–Kier alpha value is -3.75. The summed E-state index contributed by atoms with van der Waals surface area (Å²) in [6, 6.07) is 9.44. The van der Waals surface area contributed by atoms with Crippen LogP contribution in [-0.4, -0.2) is 31.0 Å². The third-order valence-corrected chi connectivity index (χ3v) is 3.38. The minimum atomic E-state index is -0.510. The van der Waals surface area contributed by atoms with Gasteiger partial charge in [0.1, 0.15) is 5.69 Å². The van der Waals surface area contributed by atoms with Gasteiger partial charge in [-0.3, -0.25) is 19.9 Å². The zero-order valence-electron chi connectivity index (χ0n) is 13.1. The van der Waals surface area contributed by atoms with Crippen molar-refractivity contribution in [2.75, 3.05) is 0 Å². The van der Waals surface area contributed by atoms with E-state index in [4.69, 9.17) is 0 Å². The maximum Gasteiger partial charge on any atom is 0.296 e. The summed E-state index contributed by atoms with van der Waals surface area (Å²) in [6.45, 7) is 1.52. The highest BCUT2D eigenvalue weighted by Gasteiger charge is 2.13. The van der Waals surface area contributed by atoms with Crippen molar-refractivity contribution in [2.24, 2.45) is 5.10 Å². The fraction of sp³-hybridized carbons (Fsp3) is 0.0625. The average Bonchev–Trinajstić information content (AvgIpc) is 2.63. The molecule has 0 radical (unpaired) electrons. The molecule has 3 rings (SSSR count). The zero-order chi connectivity index (χ0) is 17.8. The summed E-state index contributed by atoms with van der Waals surface area (Å²) in [5.74, 6) is 0.216. The van der Waals surface area contributed by atoms with Crippen LogP contribution in [0.5, 0.6) is 0 Å². The molecule has 0 atom stereocenters. The quantitative estimate of drug-likeness (QED) is 0.407. The molecular formula is C16H12N6O3. The number of nitrogens with zero attached hydrogens (tertiary/aromatic N) is 6. The summed E-state index contributed by atoms with van der Waals surface area (Å²) in [5.41, 5.74) is 0.464. The largest absolute Gasteiger partial charge is 0.296 e. The van der Waals surface area contributed by atoms with Gasteiger partial charge >= 0.3 is 0 Å². The molecule has 0 saturated heterocycles. The summed E-state index contributed by atoms with van der Waals surface area (Å²) >= 11 is 0. The number of pyridine rings is 1. The third kappa shape index (κ3) is 3.29. The first kappa shape index (κ1) is 16.1. The van der Waals surface area contributed by atoms with Crippen LogP contribution in [-0.2, 0) is 0 Å². The van der Waals surface area contributed by atoms with Gasteiger partial charge in [-0.1, -0.05) is 12.1 Å². The van der Waals surface area contributed by atoms with Crippen LogP contribution in [0.2, 0.25) is 0 Å². The number of para-hydroxylation sites is 1. The lowest BCUT2D eigenvalue weighted by molar-refractivity contribution is -0.385. The van der Waals surface area contributed by atoms with Gasteiger partial charge in [-0.15, -0.1) is 10.2 Å². The van der Waals surface area contributed by atoms with Gasteiger partial charge in [0.2, 0.25) is 0 Å². The van der Waals surface area contributed by atoms with Gasteiger partial charge < -0.3 is 0 Å². The number of aromatic nitrogens is 4. The van der Waals surface area contributed by atoms with Gasteiger partial charge in [-0.05, 0) is 25.1 Å². The molecule has 0 aliphatic rings. The molecule has 0 aliphatic carbocycles. The van der Waals surface area contributed by atoms with Crippen LogP contribution >= 0.6 is 0 Å². The lowest BCUT2D eigenvalue weighted by Crippen LogP contribution is -2.24. The fourth-order valence-electron chi connectivity index (χ4n) is 2.13. The van der Waals surface area contributed by atoms with Crippen LogP contribution < -0.4 is 5.56 Å². The lowest BCUT2D eigenvalue weighted by Gasteiger charge is -2.06. The standard InChI is InChI=1S/C16H12N6O3/c1-11-16(23)21(15(20-19-11)12-6-8-17-9-7-12)18-10-13-4-2-3-5-14(13)22(24)25/h2-10H,1H3. The van der Waals surface area contributed by atoms with Crippen molar-refractivity contribution in [2.45, 2.75) is 6.92 Å². The van der Waals surface area contributed by atoms with Crippen molar-refractivity contribution >= 4 is 11.9 Å². The van der Waals surface area contributed by atoms with Gasteiger partial charge in [0.05, 0.1) is 16.7 Å². The van der Waals surface area contributed by atoms with Gasteiger partial charge in [-0.2, -0.15) is 9.78 Å². The first-order valence-corrected chi connectivity index (χ1v) is 7.22. The zero-order valence-corrected chi connectivity index (χ0v) is 13.1. The number of nitro groups is 1. The van der Waals surface area contributed by atoms with Gasteiger partial charge in [0, 0.05) is 24.0 Å². The predicted molar refractivity (Wildman–Crippen MR) is 90.3 cm³/mol. The molecular weight excluding hydrogens is 324 g/mol. The maximum absolute atomic E-state index is 12.4. The molecule has 0 amide bonds. The van der Waals surface area contributed by atoms with Gasteiger partial charge in [0.25, 0.3) is 11.2 Å². The summed E-state index contributed by atoms with van der Waals surface area (Å²) in [5, 5.41) is 23.0. The van der Waals surface area contributed by atoms with Crippen molar-refractivity contribution in [1.82, 2.24) is 19.9 Å². The maximum atomic E-state index is 12.4. The predicted octanol–water partition coefficient (Wildman–Crippen LogP) is 1.80. The van der Waals surface area contributed by atoms with E-state index in [1.54, 1.807) is 42.7 Å². The molecule has 0 bridgehead atoms. The van der Waals surface area contributed by atoms with Crippen LogP contribution in [0.25, 0.3) is 11.4 Å². The summed E-state index contributed by atoms with van der Waals surface area (Å²) < 4.78 is 1.06. The Morgan fingerprint density at radius 2 is 1.88 bits per heavy atom. The number of rotatable bonds is 4. The number of benzene rings is 1. The molecule has 2 aromatic heterocycles. The second kappa shape index (κ2) is 6.79. The molecule has 9 heteroatoms. The summed E-state index contributed by atoms with van der Waals surface area (Å²) in [6.07, 6.45) is 4.36.